The zero-order valence-corrected chi connectivity index (χ0v) is 9.27. The summed E-state index contributed by atoms with van der Waals surface area (Å²) in [6.07, 6.45) is 1.17. The minimum Gasteiger partial charge on any atom is -0.375 e. The van der Waals surface area contributed by atoms with Gasteiger partial charge in [-0.3, -0.25) is 0 Å². The van der Waals surface area contributed by atoms with E-state index >= 15 is 0 Å². The first-order chi connectivity index (χ1) is 6.70. The Labute approximate surface area is 87.8 Å². The van der Waals surface area contributed by atoms with Gasteiger partial charge >= 0.3 is 0 Å². The van der Waals surface area contributed by atoms with Gasteiger partial charge in [-0.15, -0.1) is 0 Å². The minimum absolute atomic E-state index is 0.614. The molecule has 1 aromatic heterocycles. The Hall–Kier alpha value is -1.09. The average molecular weight is 206 g/mol. The number of nitrogen functional groups attached to an aromatic ring is 1. The number of benzene rings is 1. The monoisotopic (exact) mass is 206 g/mol. The third-order valence-corrected chi connectivity index (χ3v) is 3.46. The van der Waals surface area contributed by atoms with E-state index in [4.69, 9.17) is 5.73 Å². The zero-order chi connectivity index (χ0) is 10.1. The van der Waals surface area contributed by atoms with Gasteiger partial charge in [-0.1, -0.05) is 31.3 Å². The molecule has 2 nitrogen and oxygen atoms in total. The summed E-state index contributed by atoms with van der Waals surface area (Å²) in [5.41, 5.74) is 8.05. The highest BCUT2D eigenvalue weighted by atomic mass is 32.1. The summed E-state index contributed by atoms with van der Waals surface area (Å²) >= 11 is 1.56. The number of nitrogens with two attached hydrogens (primary N) is 1. The molecular formula is C11H14N2S. The molecule has 1 aromatic carbocycles. The van der Waals surface area contributed by atoms with Crippen molar-refractivity contribution in [2.45, 2.75) is 26.2 Å². The van der Waals surface area contributed by atoms with Gasteiger partial charge in [0.1, 0.15) is 0 Å². The van der Waals surface area contributed by atoms with Gasteiger partial charge in [0.2, 0.25) is 0 Å². The van der Waals surface area contributed by atoms with Crippen molar-refractivity contribution in [3.63, 3.8) is 0 Å². The highest BCUT2D eigenvalue weighted by Crippen LogP contribution is 2.28. The maximum absolute atomic E-state index is 5.66. The van der Waals surface area contributed by atoms with Crippen LogP contribution in [0.1, 0.15) is 31.7 Å². The molecule has 1 heterocycles. The second-order valence-corrected chi connectivity index (χ2v) is 4.65. The molecule has 2 N–H and O–H groups in total. The third kappa shape index (κ3) is 1.60. The number of nitrogens with zero attached hydrogens (tertiary/aromatic N) is 1. The van der Waals surface area contributed by atoms with Crippen molar-refractivity contribution in [2.24, 2.45) is 0 Å². The number of rotatable bonds is 2. The van der Waals surface area contributed by atoms with Gasteiger partial charge in [0.05, 0.1) is 10.2 Å². The predicted octanol–water partition coefficient (Wildman–Crippen LogP) is 3.39. The Kier molecular flexibility index (Phi) is 2.42. The molecule has 0 bridgehead atoms. The van der Waals surface area contributed by atoms with Crippen LogP contribution in [0.5, 0.6) is 0 Å². The van der Waals surface area contributed by atoms with Crippen molar-refractivity contribution in [1.82, 2.24) is 4.98 Å². The number of fused-ring (bicyclic) bond motifs is 1. The topological polar surface area (TPSA) is 38.9 Å². The molecule has 0 radical (unpaired) electrons. The molecule has 0 amide bonds. The van der Waals surface area contributed by atoms with Crippen LogP contribution in [0.2, 0.25) is 0 Å². The molecule has 0 fully saturated rings. The summed E-state index contributed by atoms with van der Waals surface area (Å²) < 4.78 is 1.19. The normalized spacial score (nSPS) is 13.3. The Morgan fingerprint density at radius 3 is 3.00 bits per heavy atom. The summed E-state index contributed by atoms with van der Waals surface area (Å²) in [5, 5.41) is 0.654. The Balaban J connectivity index is 2.50. The van der Waals surface area contributed by atoms with Crippen molar-refractivity contribution < 1.29 is 0 Å². The van der Waals surface area contributed by atoms with Crippen molar-refractivity contribution in [3.05, 3.63) is 23.8 Å². The summed E-state index contributed by atoms with van der Waals surface area (Å²) in [4.78, 5) is 4.24. The first-order valence-corrected chi connectivity index (χ1v) is 5.68. The Morgan fingerprint density at radius 1 is 1.50 bits per heavy atom. The molecule has 0 aliphatic heterocycles. The first-order valence-electron chi connectivity index (χ1n) is 4.86. The van der Waals surface area contributed by atoms with Crippen LogP contribution in [0.3, 0.4) is 0 Å². The smallest absolute Gasteiger partial charge is 0.181 e. The fourth-order valence-electron chi connectivity index (χ4n) is 1.50. The lowest BCUT2D eigenvalue weighted by molar-refractivity contribution is 0.735. The van der Waals surface area contributed by atoms with Crippen LogP contribution in [0.15, 0.2) is 18.2 Å². The second kappa shape index (κ2) is 3.58. The highest BCUT2D eigenvalue weighted by Gasteiger charge is 2.06. The lowest BCUT2D eigenvalue weighted by Gasteiger charge is -2.07. The lowest BCUT2D eigenvalue weighted by atomic mass is 9.99. The molecule has 1 atom stereocenters. The van der Waals surface area contributed by atoms with Crippen molar-refractivity contribution in [1.29, 1.82) is 0 Å². The van der Waals surface area contributed by atoms with Crippen molar-refractivity contribution in [2.75, 3.05) is 5.73 Å². The van der Waals surface area contributed by atoms with E-state index < -0.39 is 0 Å². The van der Waals surface area contributed by atoms with E-state index in [1.165, 1.54) is 16.7 Å². The Bertz CT molecular complexity index is 447. The number of thiazole rings is 1. The van der Waals surface area contributed by atoms with E-state index in [0.29, 0.717) is 11.0 Å². The number of hydrogen-bond acceptors (Lipinski definition) is 3. The Morgan fingerprint density at radius 2 is 2.29 bits per heavy atom. The molecule has 0 saturated heterocycles. The number of hydrogen-bond donors (Lipinski definition) is 1. The maximum Gasteiger partial charge on any atom is 0.181 e. The standard InChI is InChI=1S/C11H14N2S/c1-3-7(2)8-4-5-9-10(6-8)14-11(12)13-9/h4-7H,3H2,1-2H3,(H2,12,13)/t7-/m1/s1. The molecule has 2 rings (SSSR count). The summed E-state index contributed by atoms with van der Waals surface area (Å²) in [6, 6.07) is 6.41. The van der Waals surface area contributed by atoms with E-state index in [1.807, 2.05) is 0 Å². The molecule has 2 aromatic rings. The van der Waals surface area contributed by atoms with Gasteiger partial charge in [-0.25, -0.2) is 4.98 Å². The van der Waals surface area contributed by atoms with Crippen molar-refractivity contribution >= 4 is 26.7 Å². The molecule has 3 heteroatoms. The average Bonchev–Trinajstić information content (AvgIpc) is 2.55. The van der Waals surface area contributed by atoms with Crippen LogP contribution in [0.4, 0.5) is 5.13 Å². The summed E-state index contributed by atoms with van der Waals surface area (Å²) in [6.45, 7) is 4.45. The van der Waals surface area contributed by atoms with Crippen molar-refractivity contribution in [3.8, 4) is 0 Å². The third-order valence-electron chi connectivity index (χ3n) is 2.61. The number of anilines is 1. The van der Waals surface area contributed by atoms with E-state index in [9.17, 15) is 0 Å². The molecule has 74 valence electrons. The van der Waals surface area contributed by atoms with Gasteiger partial charge in [-0.05, 0) is 30.0 Å². The van der Waals surface area contributed by atoms with Crippen LogP contribution < -0.4 is 5.73 Å². The van der Waals surface area contributed by atoms with Crippen LogP contribution in [0.25, 0.3) is 10.2 Å². The van der Waals surface area contributed by atoms with E-state index in [0.717, 1.165) is 5.52 Å². The van der Waals surface area contributed by atoms with Crippen LogP contribution in [0, 0.1) is 0 Å². The fraction of sp³-hybridized carbons (Fsp3) is 0.364. The molecule has 14 heavy (non-hydrogen) atoms. The molecule has 0 aliphatic rings. The summed E-state index contributed by atoms with van der Waals surface area (Å²) in [7, 11) is 0. The second-order valence-electron chi connectivity index (χ2n) is 3.59. The van der Waals surface area contributed by atoms with E-state index in [1.54, 1.807) is 11.3 Å². The zero-order valence-electron chi connectivity index (χ0n) is 8.45. The SMILES string of the molecule is CC[C@@H](C)c1ccc2nc(N)sc2c1. The summed E-state index contributed by atoms with van der Waals surface area (Å²) in [5.74, 6) is 0.614. The van der Waals surface area contributed by atoms with Gasteiger partial charge in [0.15, 0.2) is 5.13 Å². The van der Waals surface area contributed by atoms with E-state index in [2.05, 4.69) is 37.0 Å². The fourth-order valence-corrected chi connectivity index (χ4v) is 2.28. The highest BCUT2D eigenvalue weighted by molar-refractivity contribution is 7.22. The molecule has 0 saturated carbocycles. The minimum atomic E-state index is 0.614. The largest absolute Gasteiger partial charge is 0.375 e. The van der Waals surface area contributed by atoms with Gasteiger partial charge in [-0.2, -0.15) is 0 Å². The number of aromatic nitrogens is 1. The van der Waals surface area contributed by atoms with Gasteiger partial charge < -0.3 is 5.73 Å². The lowest BCUT2D eigenvalue weighted by Crippen LogP contribution is -1.89. The van der Waals surface area contributed by atoms with Gasteiger partial charge in [0.25, 0.3) is 0 Å². The quantitative estimate of drug-likeness (QED) is 0.818. The maximum atomic E-state index is 5.66. The molecule has 0 spiro atoms. The van der Waals surface area contributed by atoms with Crippen LogP contribution >= 0.6 is 11.3 Å². The first kappa shape index (κ1) is 9.46. The van der Waals surface area contributed by atoms with Gasteiger partial charge in [0, 0.05) is 0 Å². The van der Waals surface area contributed by atoms with Crippen LogP contribution in [-0.2, 0) is 0 Å². The van der Waals surface area contributed by atoms with Crippen LogP contribution in [-0.4, -0.2) is 4.98 Å². The molecule has 0 unspecified atom stereocenters. The molecule has 0 aliphatic carbocycles. The van der Waals surface area contributed by atoms with E-state index in [-0.39, 0.29) is 0 Å². The molecular weight excluding hydrogens is 192 g/mol. The predicted molar refractivity (Wildman–Crippen MR) is 62.7 cm³/mol.